The van der Waals surface area contributed by atoms with Crippen molar-refractivity contribution in [3.63, 3.8) is 0 Å². The van der Waals surface area contributed by atoms with Gasteiger partial charge in [-0.3, -0.25) is 0 Å². The Morgan fingerprint density at radius 1 is 1.59 bits per heavy atom. The average molecular weight is 236 g/mol. The number of nitrogens with one attached hydrogen (secondary N) is 1. The molecule has 92 valence electrons. The van der Waals surface area contributed by atoms with Crippen molar-refractivity contribution in [1.82, 2.24) is 15.0 Å². The fourth-order valence-corrected chi connectivity index (χ4v) is 2.53. The third kappa shape index (κ3) is 1.50. The molecule has 1 unspecified atom stereocenters. The second-order valence-electron chi connectivity index (χ2n) is 5.11. The molecule has 3 rings (SSSR count). The van der Waals surface area contributed by atoms with Crippen LogP contribution in [0.5, 0.6) is 0 Å². The summed E-state index contributed by atoms with van der Waals surface area (Å²) in [6.45, 7) is 3.13. The number of nitrogens with zero attached hydrogens (tertiary/aromatic N) is 3. The summed E-state index contributed by atoms with van der Waals surface area (Å²) < 4.78 is 6.57. The minimum atomic E-state index is -0.430. The first kappa shape index (κ1) is 10.6. The highest BCUT2D eigenvalue weighted by molar-refractivity contribution is 5.92. The van der Waals surface area contributed by atoms with Crippen molar-refractivity contribution in [2.45, 2.75) is 32.2 Å². The number of aromatic nitrogens is 3. The molecule has 0 saturated heterocycles. The molecule has 1 aromatic rings. The number of rotatable bonds is 2. The summed E-state index contributed by atoms with van der Waals surface area (Å²) in [6.07, 6.45) is 3.49. The molecule has 1 fully saturated rings. The number of ether oxygens (including phenoxy) is 1. The quantitative estimate of drug-likeness (QED) is 0.782. The third-order valence-corrected chi connectivity index (χ3v) is 3.92. The lowest BCUT2D eigenvalue weighted by Gasteiger charge is -2.29. The zero-order valence-corrected chi connectivity index (χ0v) is 10.1. The summed E-state index contributed by atoms with van der Waals surface area (Å²) in [5.74, 6) is 0.279. The fourth-order valence-electron chi connectivity index (χ4n) is 2.53. The first-order valence-corrected chi connectivity index (χ1v) is 5.93. The van der Waals surface area contributed by atoms with Crippen LogP contribution in [0.1, 0.15) is 42.7 Å². The highest BCUT2D eigenvalue weighted by atomic mass is 16.5. The maximum absolute atomic E-state index is 11.5. The molecule has 17 heavy (non-hydrogen) atoms. The van der Waals surface area contributed by atoms with Gasteiger partial charge in [-0.1, -0.05) is 12.1 Å². The zero-order valence-electron chi connectivity index (χ0n) is 10.1. The highest BCUT2D eigenvalue weighted by Crippen LogP contribution is 2.56. The number of esters is 1. The molecule has 1 atom stereocenters. The minimum Gasteiger partial charge on any atom is -0.464 e. The lowest BCUT2D eigenvalue weighted by Crippen LogP contribution is -2.29. The van der Waals surface area contributed by atoms with Crippen LogP contribution in [-0.2, 0) is 4.74 Å². The molecule has 1 N–H and O–H groups in total. The molecule has 1 aliphatic heterocycles. The molecule has 0 radical (unpaired) electrons. The Labute approximate surface area is 99.3 Å². The molecule has 6 nitrogen and oxygen atoms in total. The summed E-state index contributed by atoms with van der Waals surface area (Å²) in [6, 6.07) is 0.352. The second-order valence-corrected chi connectivity index (χ2v) is 5.11. The topological polar surface area (TPSA) is 69.0 Å². The van der Waals surface area contributed by atoms with Gasteiger partial charge in [-0.25, -0.2) is 9.48 Å². The number of hydrogen-bond donors (Lipinski definition) is 1. The standard InChI is InChI=1S/C11H16N4O2/c1-11(4-5-11)7-3-6-12-9-8(10(16)17-2)13-14-15(7)9/h7,12H,3-6H2,1-2H3. The molecule has 1 saturated carbocycles. The number of fused-ring (bicyclic) bond motifs is 1. The van der Waals surface area contributed by atoms with Gasteiger partial charge in [0.05, 0.1) is 13.2 Å². The Hall–Kier alpha value is -1.59. The lowest BCUT2D eigenvalue weighted by molar-refractivity contribution is 0.0595. The Kier molecular flexibility index (Phi) is 2.14. The van der Waals surface area contributed by atoms with E-state index in [9.17, 15) is 4.79 Å². The van der Waals surface area contributed by atoms with E-state index < -0.39 is 5.97 Å². The predicted molar refractivity (Wildman–Crippen MR) is 60.8 cm³/mol. The van der Waals surface area contributed by atoms with E-state index in [4.69, 9.17) is 4.74 Å². The SMILES string of the molecule is COC(=O)c1nnn2c1NCCC2C1(C)CC1. The van der Waals surface area contributed by atoms with E-state index in [1.54, 1.807) is 0 Å². The molecule has 2 heterocycles. The molecule has 0 spiro atoms. The Morgan fingerprint density at radius 2 is 2.35 bits per heavy atom. The Balaban J connectivity index is 1.99. The Morgan fingerprint density at radius 3 is 3.00 bits per heavy atom. The van der Waals surface area contributed by atoms with Crippen LogP contribution in [0.4, 0.5) is 5.82 Å². The van der Waals surface area contributed by atoms with E-state index in [0.717, 1.165) is 13.0 Å². The van der Waals surface area contributed by atoms with Crippen molar-refractivity contribution in [2.24, 2.45) is 5.41 Å². The molecule has 6 heteroatoms. The van der Waals surface area contributed by atoms with Crippen LogP contribution >= 0.6 is 0 Å². The van der Waals surface area contributed by atoms with Gasteiger partial charge in [-0.15, -0.1) is 5.10 Å². The number of methoxy groups -OCH3 is 1. The van der Waals surface area contributed by atoms with Crippen LogP contribution in [-0.4, -0.2) is 34.6 Å². The number of carbonyl (C=O) groups is 1. The zero-order chi connectivity index (χ0) is 12.0. The van der Waals surface area contributed by atoms with Gasteiger partial charge in [0.25, 0.3) is 0 Å². The summed E-state index contributed by atoms with van der Waals surface area (Å²) >= 11 is 0. The number of carbonyl (C=O) groups excluding carboxylic acids is 1. The van der Waals surface area contributed by atoms with Crippen LogP contribution in [0.3, 0.4) is 0 Å². The van der Waals surface area contributed by atoms with Gasteiger partial charge < -0.3 is 10.1 Å². The summed E-state index contributed by atoms with van der Waals surface area (Å²) in [5.41, 5.74) is 0.624. The largest absolute Gasteiger partial charge is 0.464 e. The van der Waals surface area contributed by atoms with Gasteiger partial charge in [-0.2, -0.15) is 0 Å². The van der Waals surface area contributed by atoms with Crippen molar-refractivity contribution in [3.05, 3.63) is 5.69 Å². The van der Waals surface area contributed by atoms with E-state index in [0.29, 0.717) is 23.0 Å². The molecule has 1 aliphatic carbocycles. The van der Waals surface area contributed by atoms with E-state index >= 15 is 0 Å². The van der Waals surface area contributed by atoms with Gasteiger partial charge >= 0.3 is 5.97 Å². The summed E-state index contributed by atoms with van der Waals surface area (Å²) in [4.78, 5) is 11.5. The maximum atomic E-state index is 11.5. The minimum absolute atomic E-state index is 0.293. The van der Waals surface area contributed by atoms with E-state index in [1.165, 1.54) is 20.0 Å². The van der Waals surface area contributed by atoms with Crippen molar-refractivity contribution in [3.8, 4) is 0 Å². The molecule has 2 aliphatic rings. The van der Waals surface area contributed by atoms with Gasteiger partial charge in [0, 0.05) is 6.54 Å². The van der Waals surface area contributed by atoms with Crippen LogP contribution in [0, 0.1) is 5.41 Å². The summed E-state index contributed by atoms with van der Waals surface area (Å²) in [7, 11) is 1.36. The average Bonchev–Trinajstić information content (AvgIpc) is 2.94. The molecule has 1 aromatic heterocycles. The molecule has 0 bridgehead atoms. The Bertz CT molecular complexity index is 464. The normalized spacial score (nSPS) is 24.7. The molecular weight excluding hydrogens is 220 g/mol. The van der Waals surface area contributed by atoms with Crippen molar-refractivity contribution < 1.29 is 9.53 Å². The van der Waals surface area contributed by atoms with E-state index in [1.807, 2.05) is 4.68 Å². The van der Waals surface area contributed by atoms with Crippen LogP contribution in [0.2, 0.25) is 0 Å². The van der Waals surface area contributed by atoms with Gasteiger partial charge in [0.1, 0.15) is 0 Å². The monoisotopic (exact) mass is 236 g/mol. The third-order valence-electron chi connectivity index (χ3n) is 3.92. The molecular formula is C11H16N4O2. The smallest absolute Gasteiger partial charge is 0.362 e. The van der Waals surface area contributed by atoms with Gasteiger partial charge in [0.15, 0.2) is 5.82 Å². The van der Waals surface area contributed by atoms with Crippen LogP contribution in [0.15, 0.2) is 0 Å². The highest BCUT2D eigenvalue weighted by Gasteiger charge is 2.48. The van der Waals surface area contributed by atoms with Crippen molar-refractivity contribution in [2.75, 3.05) is 19.0 Å². The molecule has 0 aromatic carbocycles. The van der Waals surface area contributed by atoms with Crippen LogP contribution < -0.4 is 5.32 Å². The van der Waals surface area contributed by atoms with Crippen molar-refractivity contribution in [1.29, 1.82) is 0 Å². The van der Waals surface area contributed by atoms with E-state index in [2.05, 4.69) is 22.6 Å². The van der Waals surface area contributed by atoms with Crippen molar-refractivity contribution >= 4 is 11.8 Å². The lowest BCUT2D eigenvalue weighted by atomic mass is 9.95. The summed E-state index contributed by atoms with van der Waals surface area (Å²) in [5, 5.41) is 11.2. The number of hydrogen-bond acceptors (Lipinski definition) is 5. The van der Waals surface area contributed by atoms with Gasteiger partial charge in [-0.05, 0) is 24.7 Å². The van der Waals surface area contributed by atoms with Crippen LogP contribution in [0.25, 0.3) is 0 Å². The first-order chi connectivity index (χ1) is 8.15. The second kappa shape index (κ2) is 3.45. The molecule has 0 amide bonds. The van der Waals surface area contributed by atoms with Gasteiger partial charge in [0.2, 0.25) is 5.69 Å². The van der Waals surface area contributed by atoms with E-state index in [-0.39, 0.29) is 0 Å². The number of anilines is 1. The first-order valence-electron chi connectivity index (χ1n) is 5.93. The maximum Gasteiger partial charge on any atom is 0.362 e. The fraction of sp³-hybridized carbons (Fsp3) is 0.727. The predicted octanol–water partition coefficient (Wildman–Crippen LogP) is 1.22.